The van der Waals surface area contributed by atoms with E-state index in [-0.39, 0.29) is 0 Å². The van der Waals surface area contributed by atoms with E-state index in [0.717, 1.165) is 17.1 Å². The molecular weight excluding hydrogens is 164 g/mol. The van der Waals surface area contributed by atoms with Crippen LogP contribution < -0.4 is 0 Å². The number of hydrogen-bond donors (Lipinski definition) is 0. The Hall–Kier alpha value is -1.71. The summed E-state index contributed by atoms with van der Waals surface area (Å²) < 4.78 is 1.70. The number of rotatable bonds is 1. The highest BCUT2D eigenvalue weighted by Crippen LogP contribution is 2.08. The van der Waals surface area contributed by atoms with Crippen molar-refractivity contribution in [1.82, 2.24) is 20.2 Å². The second kappa shape index (κ2) is 2.97. The van der Waals surface area contributed by atoms with Gasteiger partial charge in [0.2, 0.25) is 0 Å². The van der Waals surface area contributed by atoms with Crippen LogP contribution in [0, 0.1) is 19.9 Å². The summed E-state index contributed by atoms with van der Waals surface area (Å²) in [5, 5.41) is 11.3. The molecule has 0 aliphatic rings. The molecule has 1 aromatic carbocycles. The molecule has 0 unspecified atom stereocenters. The first-order valence-corrected chi connectivity index (χ1v) is 4.01. The molecule has 13 heavy (non-hydrogen) atoms. The number of nitrogens with zero attached hydrogens (tertiary/aromatic N) is 4. The lowest BCUT2D eigenvalue weighted by molar-refractivity contribution is 0.779. The highest BCUT2D eigenvalue weighted by Gasteiger charge is 2.02. The summed E-state index contributed by atoms with van der Waals surface area (Å²) in [5.74, 6) is 0.783. The summed E-state index contributed by atoms with van der Waals surface area (Å²) in [6.45, 7) is 3.86. The third-order valence-electron chi connectivity index (χ3n) is 1.80. The van der Waals surface area contributed by atoms with Crippen LogP contribution in [0.5, 0.6) is 0 Å². The lowest BCUT2D eigenvalue weighted by atomic mass is 10.2. The fourth-order valence-electron chi connectivity index (χ4n) is 1.17. The molecule has 0 aliphatic heterocycles. The molecule has 1 heterocycles. The third kappa shape index (κ3) is 1.42. The van der Waals surface area contributed by atoms with Crippen LogP contribution in [0.3, 0.4) is 0 Å². The van der Waals surface area contributed by atoms with E-state index in [1.165, 1.54) is 0 Å². The molecule has 0 fully saturated rings. The highest BCUT2D eigenvalue weighted by atomic mass is 15.5. The molecule has 0 aliphatic carbocycles. The van der Waals surface area contributed by atoms with Crippen molar-refractivity contribution < 1.29 is 0 Å². The molecular formula is C9H9N4. The van der Waals surface area contributed by atoms with Crippen molar-refractivity contribution in [2.75, 3.05) is 0 Å². The maximum atomic E-state index is 3.87. The van der Waals surface area contributed by atoms with Gasteiger partial charge in [-0.25, -0.2) is 0 Å². The highest BCUT2D eigenvalue weighted by molar-refractivity contribution is 5.33. The molecule has 65 valence electrons. The minimum Gasteiger partial charge on any atom is -0.198 e. The van der Waals surface area contributed by atoms with Crippen molar-refractivity contribution in [3.63, 3.8) is 0 Å². The first kappa shape index (κ1) is 7.91. The van der Waals surface area contributed by atoms with Crippen molar-refractivity contribution >= 4 is 0 Å². The van der Waals surface area contributed by atoms with E-state index in [2.05, 4.69) is 21.6 Å². The molecule has 0 atom stereocenters. The van der Waals surface area contributed by atoms with Gasteiger partial charge in [0, 0.05) is 0 Å². The van der Waals surface area contributed by atoms with Gasteiger partial charge in [-0.3, -0.25) is 0 Å². The quantitative estimate of drug-likeness (QED) is 0.648. The van der Waals surface area contributed by atoms with E-state index in [1.807, 2.05) is 32.0 Å². The summed E-state index contributed by atoms with van der Waals surface area (Å²) in [4.78, 5) is 0. The number of aryl methyl sites for hydroxylation is 2. The fraction of sp³-hybridized carbons (Fsp3) is 0.222. The maximum Gasteiger partial charge on any atom is 0.153 e. The van der Waals surface area contributed by atoms with Gasteiger partial charge in [-0.05, 0) is 48.0 Å². The van der Waals surface area contributed by atoms with Crippen molar-refractivity contribution in [3.05, 3.63) is 35.7 Å². The van der Waals surface area contributed by atoms with Gasteiger partial charge in [0.1, 0.15) is 0 Å². The maximum absolute atomic E-state index is 3.87. The topological polar surface area (TPSA) is 43.6 Å². The van der Waals surface area contributed by atoms with Crippen molar-refractivity contribution in [1.29, 1.82) is 0 Å². The Labute approximate surface area is 76.2 Å². The van der Waals surface area contributed by atoms with Gasteiger partial charge in [-0.15, -0.1) is 5.10 Å². The summed E-state index contributed by atoms with van der Waals surface area (Å²) in [5.41, 5.74) is 2.05. The lowest BCUT2D eigenvalue weighted by Gasteiger charge is -2.01. The Kier molecular flexibility index (Phi) is 1.81. The van der Waals surface area contributed by atoms with E-state index >= 15 is 0 Å². The molecule has 0 saturated heterocycles. The Morgan fingerprint density at radius 1 is 1.38 bits per heavy atom. The normalized spacial score (nSPS) is 10.3. The van der Waals surface area contributed by atoms with Crippen LogP contribution in [0.25, 0.3) is 5.69 Å². The van der Waals surface area contributed by atoms with E-state index in [1.54, 1.807) is 4.68 Å². The molecule has 4 nitrogen and oxygen atoms in total. The van der Waals surface area contributed by atoms with Crippen molar-refractivity contribution in [3.8, 4) is 5.69 Å². The minimum absolute atomic E-state index is 0.783. The van der Waals surface area contributed by atoms with Gasteiger partial charge in [0.15, 0.2) is 5.82 Å². The Morgan fingerprint density at radius 2 is 2.23 bits per heavy atom. The van der Waals surface area contributed by atoms with Gasteiger partial charge in [0.05, 0.1) is 5.69 Å². The summed E-state index contributed by atoms with van der Waals surface area (Å²) >= 11 is 0. The largest absolute Gasteiger partial charge is 0.198 e. The molecule has 0 bridgehead atoms. The average molecular weight is 173 g/mol. The predicted molar refractivity (Wildman–Crippen MR) is 47.5 cm³/mol. The third-order valence-corrected chi connectivity index (χ3v) is 1.80. The molecule has 0 amide bonds. The lowest BCUT2D eigenvalue weighted by Crippen LogP contribution is -1.99. The number of benzene rings is 1. The van der Waals surface area contributed by atoms with Crippen LogP contribution >= 0.6 is 0 Å². The average Bonchev–Trinajstić information content (AvgIpc) is 2.51. The van der Waals surface area contributed by atoms with Crippen LogP contribution in [-0.2, 0) is 0 Å². The first-order chi connectivity index (χ1) is 6.27. The van der Waals surface area contributed by atoms with Gasteiger partial charge < -0.3 is 0 Å². The van der Waals surface area contributed by atoms with Gasteiger partial charge in [0.25, 0.3) is 0 Å². The first-order valence-electron chi connectivity index (χ1n) is 4.01. The molecule has 0 spiro atoms. The van der Waals surface area contributed by atoms with E-state index in [9.17, 15) is 0 Å². The Balaban J connectivity index is 2.53. The van der Waals surface area contributed by atoms with Gasteiger partial charge in [-0.1, -0.05) is 6.07 Å². The second-order valence-corrected chi connectivity index (χ2v) is 2.87. The van der Waals surface area contributed by atoms with Crippen LogP contribution in [0.15, 0.2) is 18.2 Å². The molecule has 1 radical (unpaired) electrons. The second-order valence-electron chi connectivity index (χ2n) is 2.87. The summed E-state index contributed by atoms with van der Waals surface area (Å²) in [7, 11) is 0. The number of aromatic nitrogens is 4. The molecule has 0 saturated carbocycles. The van der Waals surface area contributed by atoms with E-state index in [4.69, 9.17) is 0 Å². The molecule has 0 N–H and O–H groups in total. The SMILES string of the molecule is Cc1[c]ccc(-n2nnnc2C)c1. The zero-order chi connectivity index (χ0) is 9.26. The fourth-order valence-corrected chi connectivity index (χ4v) is 1.17. The minimum atomic E-state index is 0.783. The number of tetrazole rings is 1. The van der Waals surface area contributed by atoms with Crippen molar-refractivity contribution in [2.24, 2.45) is 0 Å². The molecule has 2 aromatic rings. The Bertz CT molecular complexity index is 419. The summed E-state index contributed by atoms with van der Waals surface area (Å²) in [6, 6.07) is 8.85. The number of hydrogen-bond acceptors (Lipinski definition) is 3. The summed E-state index contributed by atoms with van der Waals surface area (Å²) in [6.07, 6.45) is 0. The zero-order valence-corrected chi connectivity index (χ0v) is 7.52. The molecule has 4 heteroatoms. The monoisotopic (exact) mass is 173 g/mol. The Morgan fingerprint density at radius 3 is 2.85 bits per heavy atom. The van der Waals surface area contributed by atoms with Gasteiger partial charge >= 0.3 is 0 Å². The van der Waals surface area contributed by atoms with Crippen LogP contribution in [-0.4, -0.2) is 20.2 Å². The van der Waals surface area contributed by atoms with Crippen molar-refractivity contribution in [2.45, 2.75) is 13.8 Å². The zero-order valence-electron chi connectivity index (χ0n) is 7.52. The van der Waals surface area contributed by atoms with E-state index < -0.39 is 0 Å². The van der Waals surface area contributed by atoms with E-state index in [0.29, 0.717) is 0 Å². The molecule has 2 rings (SSSR count). The smallest absolute Gasteiger partial charge is 0.153 e. The standard InChI is InChI=1S/C9H9N4/c1-7-4-3-5-9(6-7)13-8(2)10-11-12-13/h3,5-6H,1-2H3. The van der Waals surface area contributed by atoms with Crippen LogP contribution in [0.2, 0.25) is 0 Å². The molecule has 1 aromatic heterocycles. The van der Waals surface area contributed by atoms with Gasteiger partial charge in [-0.2, -0.15) is 4.68 Å². The predicted octanol–water partition coefficient (Wildman–Crippen LogP) is 1.08. The van der Waals surface area contributed by atoms with Crippen LogP contribution in [0.4, 0.5) is 0 Å². The van der Waals surface area contributed by atoms with Crippen LogP contribution in [0.1, 0.15) is 11.4 Å².